The van der Waals surface area contributed by atoms with Gasteiger partial charge in [-0.05, 0) is 29.8 Å². The van der Waals surface area contributed by atoms with Crippen molar-refractivity contribution >= 4 is 40.7 Å². The van der Waals surface area contributed by atoms with E-state index < -0.39 is 0 Å². The molecular weight excluding hydrogens is 409 g/mol. The van der Waals surface area contributed by atoms with E-state index in [2.05, 4.69) is 0 Å². The van der Waals surface area contributed by atoms with E-state index in [0.717, 1.165) is 11.1 Å². The predicted molar refractivity (Wildman–Crippen MR) is 108 cm³/mol. The molecule has 1 aliphatic heterocycles. The second-order valence-electron chi connectivity index (χ2n) is 6.35. The number of carbonyl (C=O) groups excluding carboxylic acids is 1. The lowest BCUT2D eigenvalue weighted by atomic mass is 10.1. The van der Waals surface area contributed by atoms with Gasteiger partial charge in [-0.25, -0.2) is 0 Å². The number of carbonyl (C=O) groups is 1. The molecule has 2 aromatic carbocycles. The number of amides is 1. The maximum atomic E-state index is 12.6. The summed E-state index contributed by atoms with van der Waals surface area (Å²) in [6.45, 7) is 2.22. The minimum absolute atomic E-state index is 0.0553. The fourth-order valence-electron chi connectivity index (χ4n) is 2.94. The summed E-state index contributed by atoms with van der Waals surface area (Å²) >= 11 is 18.3. The number of morpholine rings is 1. The minimum Gasteiger partial charge on any atom is -0.374 e. The van der Waals surface area contributed by atoms with Gasteiger partial charge in [-0.3, -0.25) is 4.79 Å². The van der Waals surface area contributed by atoms with Gasteiger partial charge in [-0.2, -0.15) is 0 Å². The third-order valence-electron chi connectivity index (χ3n) is 4.35. The van der Waals surface area contributed by atoms with Crippen LogP contribution in [-0.4, -0.2) is 43.2 Å². The molecule has 1 fully saturated rings. The molecule has 0 spiro atoms. The van der Waals surface area contributed by atoms with E-state index in [1.165, 1.54) is 0 Å². The zero-order valence-electron chi connectivity index (χ0n) is 14.7. The average molecular weight is 429 g/mol. The van der Waals surface area contributed by atoms with Gasteiger partial charge in [0.05, 0.1) is 32.3 Å². The smallest absolute Gasteiger partial charge is 0.227 e. The van der Waals surface area contributed by atoms with Crippen LogP contribution < -0.4 is 0 Å². The van der Waals surface area contributed by atoms with Crippen molar-refractivity contribution < 1.29 is 14.3 Å². The molecule has 0 aromatic heterocycles. The molecule has 1 heterocycles. The topological polar surface area (TPSA) is 38.8 Å². The van der Waals surface area contributed by atoms with Gasteiger partial charge in [0, 0.05) is 33.7 Å². The van der Waals surface area contributed by atoms with E-state index in [4.69, 9.17) is 44.3 Å². The summed E-state index contributed by atoms with van der Waals surface area (Å²) in [7, 11) is 0. The Balaban J connectivity index is 1.49. The van der Waals surface area contributed by atoms with Crippen LogP contribution in [0.3, 0.4) is 0 Å². The quantitative estimate of drug-likeness (QED) is 0.673. The second-order valence-corrected chi connectivity index (χ2v) is 7.61. The summed E-state index contributed by atoms with van der Waals surface area (Å²) in [5.41, 5.74) is 1.66. The Hall–Kier alpha value is -1.30. The molecule has 4 nitrogen and oxygen atoms in total. The van der Waals surface area contributed by atoms with Crippen molar-refractivity contribution in [2.45, 2.75) is 19.1 Å². The largest absolute Gasteiger partial charge is 0.374 e. The van der Waals surface area contributed by atoms with E-state index in [-0.39, 0.29) is 12.0 Å². The number of hydrogen-bond acceptors (Lipinski definition) is 3. The SMILES string of the molecule is O=C(Cc1cccc(Cl)c1)N1CCOC(COCc2c(Cl)cccc2Cl)C1. The summed E-state index contributed by atoms with van der Waals surface area (Å²) in [6, 6.07) is 12.7. The third-order valence-corrected chi connectivity index (χ3v) is 5.29. The van der Waals surface area contributed by atoms with Gasteiger partial charge in [0.2, 0.25) is 5.91 Å². The highest BCUT2D eigenvalue weighted by molar-refractivity contribution is 6.35. The highest BCUT2D eigenvalue weighted by Crippen LogP contribution is 2.25. The number of nitrogens with zero attached hydrogens (tertiary/aromatic N) is 1. The molecule has 0 bridgehead atoms. The van der Waals surface area contributed by atoms with Crippen LogP contribution in [0.25, 0.3) is 0 Å². The molecule has 0 radical (unpaired) electrons. The molecule has 1 aliphatic rings. The molecule has 3 rings (SSSR count). The van der Waals surface area contributed by atoms with Gasteiger partial charge in [-0.1, -0.05) is 53.0 Å². The van der Waals surface area contributed by atoms with Crippen molar-refractivity contribution in [3.63, 3.8) is 0 Å². The Bertz CT molecular complexity index is 780. The van der Waals surface area contributed by atoms with Gasteiger partial charge in [0.25, 0.3) is 0 Å². The molecule has 1 saturated heterocycles. The van der Waals surface area contributed by atoms with Crippen molar-refractivity contribution in [1.82, 2.24) is 4.90 Å². The number of benzene rings is 2. The first-order valence-electron chi connectivity index (χ1n) is 8.67. The van der Waals surface area contributed by atoms with Crippen LogP contribution in [0.2, 0.25) is 15.1 Å². The number of rotatable bonds is 6. The van der Waals surface area contributed by atoms with E-state index in [1.807, 2.05) is 18.2 Å². The maximum Gasteiger partial charge on any atom is 0.227 e. The predicted octanol–water partition coefficient (Wildman–Crippen LogP) is 4.63. The minimum atomic E-state index is -0.177. The van der Waals surface area contributed by atoms with E-state index in [1.54, 1.807) is 29.2 Å². The maximum absolute atomic E-state index is 12.6. The fourth-order valence-corrected chi connectivity index (χ4v) is 3.66. The summed E-state index contributed by atoms with van der Waals surface area (Å²) in [5.74, 6) is 0.0553. The molecule has 144 valence electrons. The zero-order valence-corrected chi connectivity index (χ0v) is 16.9. The van der Waals surface area contributed by atoms with Gasteiger partial charge in [0.15, 0.2) is 0 Å². The number of hydrogen-bond donors (Lipinski definition) is 0. The molecule has 1 amide bonds. The van der Waals surface area contributed by atoms with Crippen molar-refractivity contribution in [2.75, 3.05) is 26.3 Å². The van der Waals surface area contributed by atoms with Crippen molar-refractivity contribution in [3.8, 4) is 0 Å². The molecule has 1 atom stereocenters. The van der Waals surface area contributed by atoms with Crippen LogP contribution in [0.1, 0.15) is 11.1 Å². The van der Waals surface area contributed by atoms with Crippen molar-refractivity contribution in [1.29, 1.82) is 0 Å². The first kappa shape index (κ1) is 20.4. The van der Waals surface area contributed by atoms with Crippen LogP contribution in [0.4, 0.5) is 0 Å². The van der Waals surface area contributed by atoms with Gasteiger partial charge in [-0.15, -0.1) is 0 Å². The summed E-state index contributed by atoms with van der Waals surface area (Å²) in [6.07, 6.45) is 0.145. The lowest BCUT2D eigenvalue weighted by Gasteiger charge is -2.33. The molecular formula is C20H20Cl3NO3. The lowest BCUT2D eigenvalue weighted by Crippen LogP contribution is -2.47. The second kappa shape index (κ2) is 9.76. The number of ether oxygens (including phenoxy) is 2. The van der Waals surface area contributed by atoms with Gasteiger partial charge in [0.1, 0.15) is 0 Å². The molecule has 2 aromatic rings. The standard InChI is InChI=1S/C20H20Cl3NO3/c21-15-4-1-3-14(9-15)10-20(25)24-7-8-27-16(11-24)12-26-13-17-18(22)5-2-6-19(17)23/h1-6,9,16H,7-8,10-13H2. The Morgan fingerprint density at radius 1 is 1.15 bits per heavy atom. The molecule has 7 heteroatoms. The molecule has 0 aliphatic carbocycles. The number of halogens is 3. The Morgan fingerprint density at radius 2 is 1.89 bits per heavy atom. The molecule has 27 heavy (non-hydrogen) atoms. The average Bonchev–Trinajstić information content (AvgIpc) is 2.64. The fraction of sp³-hybridized carbons (Fsp3) is 0.350. The van der Waals surface area contributed by atoms with Crippen LogP contribution in [0, 0.1) is 0 Å². The van der Waals surface area contributed by atoms with Crippen LogP contribution in [-0.2, 0) is 27.3 Å². The zero-order chi connectivity index (χ0) is 19.2. The van der Waals surface area contributed by atoms with Crippen LogP contribution >= 0.6 is 34.8 Å². The summed E-state index contributed by atoms with van der Waals surface area (Å²) in [5, 5.41) is 1.78. The monoisotopic (exact) mass is 427 g/mol. The highest BCUT2D eigenvalue weighted by atomic mass is 35.5. The first-order chi connectivity index (χ1) is 13.0. The van der Waals surface area contributed by atoms with Crippen LogP contribution in [0.15, 0.2) is 42.5 Å². The normalized spacial score (nSPS) is 17.1. The van der Waals surface area contributed by atoms with Crippen molar-refractivity contribution in [3.05, 3.63) is 68.7 Å². The highest BCUT2D eigenvalue weighted by Gasteiger charge is 2.24. The molecule has 0 saturated carbocycles. The Morgan fingerprint density at radius 3 is 2.63 bits per heavy atom. The summed E-state index contributed by atoms with van der Waals surface area (Å²) < 4.78 is 11.5. The molecule has 1 unspecified atom stereocenters. The summed E-state index contributed by atoms with van der Waals surface area (Å²) in [4.78, 5) is 14.4. The Kier molecular flexibility index (Phi) is 7.39. The van der Waals surface area contributed by atoms with Crippen LogP contribution in [0.5, 0.6) is 0 Å². The van der Waals surface area contributed by atoms with Gasteiger partial charge < -0.3 is 14.4 Å². The third kappa shape index (κ3) is 5.84. The van der Waals surface area contributed by atoms with Crippen molar-refractivity contribution in [2.24, 2.45) is 0 Å². The molecule has 0 N–H and O–H groups in total. The lowest BCUT2D eigenvalue weighted by molar-refractivity contribution is -0.140. The Labute approximate surface area is 173 Å². The van der Waals surface area contributed by atoms with E-state index >= 15 is 0 Å². The first-order valence-corrected chi connectivity index (χ1v) is 9.81. The van der Waals surface area contributed by atoms with E-state index in [9.17, 15) is 4.79 Å². The van der Waals surface area contributed by atoms with E-state index in [0.29, 0.717) is 54.4 Å². The van der Waals surface area contributed by atoms with Gasteiger partial charge >= 0.3 is 0 Å².